The van der Waals surface area contributed by atoms with E-state index in [9.17, 15) is 0 Å². The molecule has 0 bridgehead atoms. The number of aryl methyl sites for hydroxylation is 2. The minimum atomic E-state index is -1.91. The van der Waals surface area contributed by atoms with E-state index in [0.717, 1.165) is 12.8 Å². The lowest BCUT2D eigenvalue weighted by Gasteiger charge is -2.33. The van der Waals surface area contributed by atoms with E-state index < -0.39 is 8.07 Å². The standard InChI is InChI=1S/C30H40Si/c1-17(2)23-13-11-19(5)25-15-21(7)29(27(23)25)31(9,10)30-22(8)16-26-20(6)12-14-24(18(3)4)28(26)30/h11-14,17-18H,15-16H2,1-10H3. The molecule has 31 heavy (non-hydrogen) atoms. The van der Waals surface area contributed by atoms with Gasteiger partial charge >= 0.3 is 0 Å². The Labute approximate surface area is 191 Å². The molecule has 0 saturated heterocycles. The van der Waals surface area contributed by atoms with E-state index in [1.807, 2.05) is 0 Å². The van der Waals surface area contributed by atoms with Gasteiger partial charge in [-0.25, -0.2) is 0 Å². The monoisotopic (exact) mass is 428 g/mol. The van der Waals surface area contributed by atoms with Crippen LogP contribution >= 0.6 is 0 Å². The summed E-state index contributed by atoms with van der Waals surface area (Å²) >= 11 is 0. The number of fused-ring (bicyclic) bond motifs is 2. The fraction of sp³-hybridized carbons (Fsp3) is 0.467. The summed E-state index contributed by atoms with van der Waals surface area (Å²) in [7, 11) is -1.91. The fourth-order valence-electron chi connectivity index (χ4n) is 6.50. The van der Waals surface area contributed by atoms with Gasteiger partial charge in [-0.2, -0.15) is 0 Å². The maximum atomic E-state index is 2.63. The van der Waals surface area contributed by atoms with Crippen molar-refractivity contribution >= 4 is 18.5 Å². The Bertz CT molecular complexity index is 1050. The van der Waals surface area contributed by atoms with E-state index in [0.29, 0.717) is 11.8 Å². The van der Waals surface area contributed by atoms with Gasteiger partial charge in [0, 0.05) is 0 Å². The van der Waals surface area contributed by atoms with Gasteiger partial charge in [0.05, 0.1) is 0 Å². The molecule has 0 heterocycles. The third kappa shape index (κ3) is 3.32. The van der Waals surface area contributed by atoms with Gasteiger partial charge in [-0.1, -0.05) is 76.2 Å². The molecule has 0 amide bonds. The van der Waals surface area contributed by atoms with Crippen molar-refractivity contribution in [3.8, 4) is 0 Å². The first-order valence-corrected chi connectivity index (χ1v) is 15.1. The number of rotatable bonds is 4. The Hall–Kier alpha value is -1.86. The van der Waals surface area contributed by atoms with Gasteiger partial charge < -0.3 is 0 Å². The topological polar surface area (TPSA) is 0 Å². The smallest absolute Gasteiger partial charge is 0.0686 e. The Kier molecular flexibility index (Phi) is 5.49. The summed E-state index contributed by atoms with van der Waals surface area (Å²) in [6, 6.07) is 9.54. The van der Waals surface area contributed by atoms with Crippen LogP contribution in [0, 0.1) is 13.8 Å². The van der Waals surface area contributed by atoms with Gasteiger partial charge in [0.2, 0.25) is 0 Å². The minimum Gasteiger partial charge on any atom is -0.0686 e. The van der Waals surface area contributed by atoms with Crippen LogP contribution in [0.5, 0.6) is 0 Å². The molecular formula is C30H40Si. The Morgan fingerprint density at radius 2 is 0.968 bits per heavy atom. The van der Waals surface area contributed by atoms with Crippen LogP contribution in [0.25, 0.3) is 10.4 Å². The first kappa shape index (κ1) is 22.3. The molecule has 1 heteroatoms. The first-order valence-electron chi connectivity index (χ1n) is 12.1. The maximum absolute atomic E-state index is 2.63. The van der Waals surface area contributed by atoms with Crippen molar-refractivity contribution in [3.05, 3.63) is 79.9 Å². The third-order valence-electron chi connectivity index (χ3n) is 7.89. The molecule has 0 unspecified atom stereocenters. The molecule has 2 aliphatic carbocycles. The van der Waals surface area contributed by atoms with Gasteiger partial charge in [-0.15, -0.1) is 0 Å². The van der Waals surface area contributed by atoms with Crippen molar-refractivity contribution in [1.29, 1.82) is 0 Å². The molecule has 0 atom stereocenters. The molecule has 2 aliphatic rings. The number of hydrogen-bond acceptors (Lipinski definition) is 0. The maximum Gasteiger partial charge on any atom is 0.113 e. The van der Waals surface area contributed by atoms with Crippen molar-refractivity contribution in [3.63, 3.8) is 0 Å². The lowest BCUT2D eigenvalue weighted by atomic mass is 9.92. The minimum absolute atomic E-state index is 0.555. The van der Waals surface area contributed by atoms with Crippen LogP contribution in [-0.2, 0) is 12.8 Å². The molecule has 0 saturated carbocycles. The van der Waals surface area contributed by atoms with Crippen molar-refractivity contribution in [2.24, 2.45) is 0 Å². The van der Waals surface area contributed by atoms with E-state index in [-0.39, 0.29) is 0 Å². The molecule has 2 aromatic rings. The van der Waals surface area contributed by atoms with Crippen LogP contribution in [0.4, 0.5) is 0 Å². The predicted molar refractivity (Wildman–Crippen MR) is 141 cm³/mol. The SMILES string of the molecule is CC1=C([Si](C)(C)C2=C(C)Cc3c(C)ccc(C(C)C)c32)c2c(C(C)C)ccc(C)c2C1. The van der Waals surface area contributed by atoms with E-state index in [2.05, 4.69) is 92.7 Å². The van der Waals surface area contributed by atoms with Gasteiger partial charge in [-0.05, 0) is 107 Å². The number of benzene rings is 2. The van der Waals surface area contributed by atoms with Crippen LogP contribution in [0.15, 0.2) is 35.4 Å². The second kappa shape index (κ2) is 7.62. The second-order valence-corrected chi connectivity index (χ2v) is 15.5. The normalized spacial score (nSPS) is 16.1. The summed E-state index contributed by atoms with van der Waals surface area (Å²) in [4.78, 5) is 0. The Morgan fingerprint density at radius 1 is 0.613 bits per heavy atom. The Morgan fingerprint density at radius 3 is 1.29 bits per heavy atom. The van der Waals surface area contributed by atoms with Gasteiger partial charge in [0.1, 0.15) is 8.07 Å². The van der Waals surface area contributed by atoms with Crippen LogP contribution in [0.1, 0.15) is 97.9 Å². The van der Waals surface area contributed by atoms with Crippen LogP contribution in [-0.4, -0.2) is 8.07 Å². The molecular weight excluding hydrogens is 388 g/mol. The van der Waals surface area contributed by atoms with Gasteiger partial charge in [-0.3, -0.25) is 0 Å². The van der Waals surface area contributed by atoms with E-state index in [1.165, 1.54) is 11.1 Å². The molecule has 4 rings (SSSR count). The zero-order valence-electron chi connectivity index (χ0n) is 21.4. The summed E-state index contributed by atoms with van der Waals surface area (Å²) in [6.07, 6.45) is 2.27. The summed E-state index contributed by atoms with van der Waals surface area (Å²) in [5.74, 6) is 1.11. The van der Waals surface area contributed by atoms with Gasteiger partial charge in [0.25, 0.3) is 0 Å². The van der Waals surface area contributed by atoms with Gasteiger partial charge in [0.15, 0.2) is 0 Å². The molecule has 0 fully saturated rings. The largest absolute Gasteiger partial charge is 0.113 e. The zero-order chi connectivity index (χ0) is 22.8. The quantitative estimate of drug-likeness (QED) is 0.427. The summed E-state index contributed by atoms with van der Waals surface area (Å²) in [5.41, 5.74) is 15.7. The molecule has 0 nitrogen and oxygen atoms in total. The molecule has 0 spiro atoms. The average Bonchev–Trinajstić information content (AvgIpc) is 3.20. The summed E-state index contributed by atoms with van der Waals surface area (Å²) in [6.45, 7) is 24.2. The highest BCUT2D eigenvalue weighted by atomic mass is 28.3. The first-order chi connectivity index (χ1) is 14.5. The fourth-order valence-corrected chi connectivity index (χ4v) is 10.9. The van der Waals surface area contributed by atoms with Crippen LogP contribution < -0.4 is 0 Å². The summed E-state index contributed by atoms with van der Waals surface area (Å²) in [5, 5.41) is 3.46. The predicted octanol–water partition coefficient (Wildman–Crippen LogP) is 8.70. The van der Waals surface area contributed by atoms with Crippen molar-refractivity contribution in [2.45, 2.75) is 93.2 Å². The zero-order valence-corrected chi connectivity index (χ0v) is 22.4. The molecule has 0 aromatic heterocycles. The van der Waals surface area contributed by atoms with E-state index in [4.69, 9.17) is 0 Å². The molecule has 0 N–H and O–H groups in total. The molecule has 0 aliphatic heterocycles. The lowest BCUT2D eigenvalue weighted by molar-refractivity contribution is 0.860. The molecule has 164 valence electrons. The lowest BCUT2D eigenvalue weighted by Crippen LogP contribution is -2.32. The highest BCUT2D eigenvalue weighted by Gasteiger charge is 2.42. The highest BCUT2D eigenvalue weighted by Crippen LogP contribution is 2.52. The van der Waals surface area contributed by atoms with Crippen molar-refractivity contribution in [2.75, 3.05) is 0 Å². The number of hydrogen-bond donors (Lipinski definition) is 0. The Balaban J connectivity index is 1.99. The van der Waals surface area contributed by atoms with E-state index in [1.54, 1.807) is 54.9 Å². The van der Waals surface area contributed by atoms with Crippen molar-refractivity contribution in [1.82, 2.24) is 0 Å². The second-order valence-electron chi connectivity index (χ2n) is 11.2. The van der Waals surface area contributed by atoms with Crippen molar-refractivity contribution < 1.29 is 0 Å². The number of allylic oxidation sites excluding steroid dienone is 2. The highest BCUT2D eigenvalue weighted by molar-refractivity contribution is 7.09. The van der Waals surface area contributed by atoms with E-state index >= 15 is 0 Å². The molecule has 2 aromatic carbocycles. The average molecular weight is 429 g/mol. The molecule has 0 radical (unpaired) electrons. The summed E-state index contributed by atoms with van der Waals surface area (Å²) < 4.78 is 0. The third-order valence-corrected chi connectivity index (χ3v) is 11.7. The van der Waals surface area contributed by atoms with Crippen LogP contribution in [0.2, 0.25) is 13.1 Å². The van der Waals surface area contributed by atoms with Crippen LogP contribution in [0.3, 0.4) is 0 Å².